The lowest BCUT2D eigenvalue weighted by Crippen LogP contribution is -2.32. The summed E-state index contributed by atoms with van der Waals surface area (Å²) < 4.78 is 7.35. The predicted octanol–water partition coefficient (Wildman–Crippen LogP) is 2.06. The molecule has 144 valence electrons. The summed E-state index contributed by atoms with van der Waals surface area (Å²) in [5, 5.41) is 11.6. The number of carbonyl (C=O) groups excluding carboxylic acids is 1. The highest BCUT2D eigenvalue weighted by Crippen LogP contribution is 2.20. The quantitative estimate of drug-likeness (QED) is 0.789. The second-order valence-corrected chi connectivity index (χ2v) is 7.37. The summed E-state index contributed by atoms with van der Waals surface area (Å²) in [5.41, 5.74) is 0. The number of furan rings is 1. The molecule has 2 aromatic heterocycles. The smallest absolute Gasteiger partial charge is 0.286 e. The van der Waals surface area contributed by atoms with Crippen LogP contribution in [0.3, 0.4) is 0 Å². The number of hydrogen-bond acceptors (Lipinski definition) is 5. The topological polar surface area (TPSA) is 76.2 Å². The molecular weight excluding hydrogens is 342 g/mol. The lowest BCUT2D eigenvalue weighted by Gasteiger charge is -2.26. The molecule has 27 heavy (non-hydrogen) atoms. The minimum absolute atomic E-state index is 0.191. The van der Waals surface area contributed by atoms with Gasteiger partial charge in [-0.2, -0.15) is 0 Å². The highest BCUT2D eigenvalue weighted by Gasteiger charge is 2.21. The molecule has 0 aromatic carbocycles. The van der Waals surface area contributed by atoms with Crippen molar-refractivity contribution in [2.45, 2.75) is 38.6 Å². The largest absolute Gasteiger partial charge is 0.459 e. The number of aromatic nitrogens is 3. The first-order chi connectivity index (χ1) is 13.3. The summed E-state index contributed by atoms with van der Waals surface area (Å²) >= 11 is 0. The summed E-state index contributed by atoms with van der Waals surface area (Å²) in [5.74, 6) is 2.95. The Labute approximate surface area is 159 Å². The van der Waals surface area contributed by atoms with Crippen molar-refractivity contribution in [3.05, 3.63) is 48.0 Å². The van der Waals surface area contributed by atoms with E-state index < -0.39 is 0 Å². The van der Waals surface area contributed by atoms with Crippen LogP contribution in [0.5, 0.6) is 0 Å². The molecule has 1 aliphatic carbocycles. The third-order valence-corrected chi connectivity index (χ3v) is 5.47. The van der Waals surface area contributed by atoms with E-state index in [0.717, 1.165) is 43.6 Å². The van der Waals surface area contributed by atoms with Crippen molar-refractivity contribution in [2.75, 3.05) is 26.2 Å². The summed E-state index contributed by atoms with van der Waals surface area (Å²) in [7, 11) is 0. The minimum Gasteiger partial charge on any atom is -0.459 e. The third-order valence-electron chi connectivity index (χ3n) is 5.47. The van der Waals surface area contributed by atoms with Gasteiger partial charge in [0.2, 0.25) is 0 Å². The molecule has 2 aliphatic rings. The number of carbonyl (C=O) groups is 1. The van der Waals surface area contributed by atoms with E-state index in [-0.39, 0.29) is 5.91 Å². The number of amides is 1. The van der Waals surface area contributed by atoms with E-state index >= 15 is 0 Å². The Bertz CT molecular complexity index is 780. The Morgan fingerprint density at radius 3 is 3.04 bits per heavy atom. The number of rotatable bonds is 6. The maximum absolute atomic E-state index is 12.0. The number of allylic oxidation sites excluding steroid dienone is 2. The predicted molar refractivity (Wildman–Crippen MR) is 101 cm³/mol. The van der Waals surface area contributed by atoms with E-state index in [1.807, 2.05) is 0 Å². The molecule has 7 heteroatoms. The average Bonchev–Trinajstić information content (AvgIpc) is 3.31. The van der Waals surface area contributed by atoms with E-state index in [9.17, 15) is 4.79 Å². The van der Waals surface area contributed by atoms with E-state index in [0.29, 0.717) is 18.7 Å². The van der Waals surface area contributed by atoms with Gasteiger partial charge in [0.15, 0.2) is 5.76 Å². The highest BCUT2D eigenvalue weighted by molar-refractivity contribution is 5.91. The normalized spacial score (nSPS) is 20.2. The van der Waals surface area contributed by atoms with Gasteiger partial charge in [0.05, 0.1) is 6.26 Å². The average molecular weight is 369 g/mol. The first-order valence-corrected chi connectivity index (χ1v) is 9.89. The molecule has 7 nitrogen and oxygen atoms in total. The van der Waals surface area contributed by atoms with Crippen LogP contribution >= 0.6 is 0 Å². The van der Waals surface area contributed by atoms with Gasteiger partial charge >= 0.3 is 0 Å². The number of fused-ring (bicyclic) bond motifs is 1. The van der Waals surface area contributed by atoms with Crippen LogP contribution in [0.4, 0.5) is 0 Å². The van der Waals surface area contributed by atoms with Gasteiger partial charge < -0.3 is 19.2 Å². The molecule has 0 bridgehead atoms. The zero-order chi connectivity index (χ0) is 18.5. The van der Waals surface area contributed by atoms with Crippen LogP contribution in [0.15, 0.2) is 35.0 Å². The Balaban J connectivity index is 1.29. The van der Waals surface area contributed by atoms with E-state index in [1.54, 1.807) is 12.1 Å². The monoisotopic (exact) mass is 369 g/mol. The van der Waals surface area contributed by atoms with Crippen molar-refractivity contribution in [1.82, 2.24) is 25.0 Å². The van der Waals surface area contributed by atoms with Crippen molar-refractivity contribution >= 4 is 5.91 Å². The van der Waals surface area contributed by atoms with Crippen LogP contribution in [-0.2, 0) is 19.4 Å². The van der Waals surface area contributed by atoms with Gasteiger partial charge in [-0.1, -0.05) is 12.2 Å². The van der Waals surface area contributed by atoms with Gasteiger partial charge in [0.25, 0.3) is 5.91 Å². The van der Waals surface area contributed by atoms with Gasteiger partial charge in [0.1, 0.15) is 11.6 Å². The van der Waals surface area contributed by atoms with Gasteiger partial charge in [-0.05, 0) is 37.3 Å². The Morgan fingerprint density at radius 2 is 2.22 bits per heavy atom. The minimum atomic E-state index is -0.191. The fraction of sp³-hybridized carbons (Fsp3) is 0.550. The summed E-state index contributed by atoms with van der Waals surface area (Å²) in [4.78, 5) is 14.5. The number of hydrogen-bond donors (Lipinski definition) is 1. The fourth-order valence-electron chi connectivity index (χ4n) is 3.96. The van der Waals surface area contributed by atoms with Gasteiger partial charge in [-0.3, -0.25) is 4.79 Å². The maximum Gasteiger partial charge on any atom is 0.286 e. The molecule has 1 amide bonds. The second kappa shape index (κ2) is 8.52. The maximum atomic E-state index is 12.0. The Kier molecular flexibility index (Phi) is 5.67. The van der Waals surface area contributed by atoms with Crippen molar-refractivity contribution in [1.29, 1.82) is 0 Å². The van der Waals surface area contributed by atoms with Crippen molar-refractivity contribution < 1.29 is 9.21 Å². The lowest BCUT2D eigenvalue weighted by molar-refractivity contribution is 0.0926. The lowest BCUT2D eigenvalue weighted by atomic mass is 9.94. The molecular formula is C20H27N5O2. The SMILES string of the molecule is O=C(NCCc1nnc2n1CCN(CC1CC=CCC1)CC2)c1ccco1. The molecule has 3 heterocycles. The van der Waals surface area contributed by atoms with Gasteiger partial charge in [0, 0.05) is 45.6 Å². The molecule has 1 aliphatic heterocycles. The first-order valence-electron chi connectivity index (χ1n) is 9.89. The first kappa shape index (κ1) is 18.0. The zero-order valence-electron chi connectivity index (χ0n) is 15.6. The third kappa shape index (κ3) is 4.47. The standard InChI is InChI=1S/C20H27N5O2/c26-20(17-7-4-14-27-17)21-10-8-18-22-23-19-9-11-24(12-13-25(18)19)15-16-5-2-1-3-6-16/h1-2,4,7,14,16H,3,5-6,8-13,15H2,(H,21,26). The molecule has 0 fully saturated rings. The van der Waals surface area contributed by atoms with Gasteiger partial charge in [-0.25, -0.2) is 0 Å². The van der Waals surface area contributed by atoms with Crippen molar-refractivity contribution in [3.63, 3.8) is 0 Å². The van der Waals surface area contributed by atoms with E-state index in [1.165, 1.54) is 32.1 Å². The second-order valence-electron chi connectivity index (χ2n) is 7.37. The zero-order valence-corrected chi connectivity index (χ0v) is 15.6. The highest BCUT2D eigenvalue weighted by atomic mass is 16.3. The number of nitrogens with one attached hydrogen (secondary N) is 1. The van der Waals surface area contributed by atoms with Gasteiger partial charge in [-0.15, -0.1) is 10.2 Å². The molecule has 0 radical (unpaired) electrons. The fourth-order valence-corrected chi connectivity index (χ4v) is 3.96. The molecule has 1 unspecified atom stereocenters. The van der Waals surface area contributed by atoms with Crippen LogP contribution in [0.2, 0.25) is 0 Å². The van der Waals surface area contributed by atoms with Crippen LogP contribution in [0, 0.1) is 5.92 Å². The van der Waals surface area contributed by atoms with Crippen LogP contribution in [-0.4, -0.2) is 51.8 Å². The Morgan fingerprint density at radius 1 is 1.26 bits per heavy atom. The summed E-state index contributed by atoms with van der Waals surface area (Å²) in [6.45, 7) is 4.71. The van der Waals surface area contributed by atoms with Crippen molar-refractivity contribution in [3.8, 4) is 0 Å². The van der Waals surface area contributed by atoms with Crippen molar-refractivity contribution in [2.24, 2.45) is 5.92 Å². The van der Waals surface area contributed by atoms with Crippen LogP contribution < -0.4 is 5.32 Å². The molecule has 0 spiro atoms. The van der Waals surface area contributed by atoms with E-state index in [4.69, 9.17) is 4.42 Å². The Hall–Kier alpha value is -2.41. The molecule has 1 atom stereocenters. The van der Waals surface area contributed by atoms with Crippen LogP contribution in [0.1, 0.15) is 41.5 Å². The van der Waals surface area contributed by atoms with E-state index in [2.05, 4.69) is 37.1 Å². The number of nitrogens with zero attached hydrogens (tertiary/aromatic N) is 4. The molecule has 0 saturated carbocycles. The summed E-state index contributed by atoms with van der Waals surface area (Å²) in [6.07, 6.45) is 11.5. The van der Waals surface area contributed by atoms with Crippen LogP contribution in [0.25, 0.3) is 0 Å². The molecule has 0 saturated heterocycles. The molecule has 4 rings (SSSR count). The molecule has 2 aromatic rings. The molecule has 1 N–H and O–H groups in total. The summed E-state index contributed by atoms with van der Waals surface area (Å²) in [6, 6.07) is 3.37.